The molecule has 0 bridgehead atoms. The van der Waals surface area contributed by atoms with E-state index in [0.717, 1.165) is 43.5 Å². The normalized spacial score (nSPS) is 14.1. The van der Waals surface area contributed by atoms with E-state index in [-0.39, 0.29) is 10.8 Å². The number of ether oxygens (including phenoxy) is 1. The van der Waals surface area contributed by atoms with Crippen LogP contribution in [0, 0.1) is 0 Å². The van der Waals surface area contributed by atoms with Gasteiger partial charge in [-0.3, -0.25) is 9.52 Å². The number of sulfonamides is 1. The fraction of sp³-hybridized carbons (Fsp3) is 0.381. The number of anilines is 1. The third-order valence-corrected chi connectivity index (χ3v) is 6.35. The van der Waals surface area contributed by atoms with Crippen LogP contribution in [0.1, 0.15) is 30.9 Å². The quantitative estimate of drug-likeness (QED) is 0.772. The minimum atomic E-state index is -3.79. The monoisotopic (exact) mass is 402 g/mol. The maximum absolute atomic E-state index is 12.8. The maximum atomic E-state index is 12.8. The van der Waals surface area contributed by atoms with Crippen LogP contribution < -0.4 is 9.46 Å². The first-order chi connectivity index (χ1) is 13.4. The fourth-order valence-corrected chi connectivity index (χ4v) is 4.58. The van der Waals surface area contributed by atoms with Crippen molar-refractivity contribution in [3.05, 3.63) is 53.6 Å². The van der Waals surface area contributed by atoms with Gasteiger partial charge in [0.2, 0.25) is 5.91 Å². The van der Waals surface area contributed by atoms with Gasteiger partial charge in [-0.2, -0.15) is 0 Å². The largest absolute Gasteiger partial charge is 0.495 e. The van der Waals surface area contributed by atoms with Crippen molar-refractivity contribution in [1.82, 2.24) is 4.90 Å². The minimum absolute atomic E-state index is 0.114. The first-order valence-electron chi connectivity index (χ1n) is 9.49. The summed E-state index contributed by atoms with van der Waals surface area (Å²) in [6.45, 7) is 3.62. The van der Waals surface area contributed by atoms with Crippen molar-refractivity contribution in [1.29, 1.82) is 0 Å². The number of hydrogen-bond acceptors (Lipinski definition) is 4. The van der Waals surface area contributed by atoms with Gasteiger partial charge in [-0.25, -0.2) is 8.42 Å². The minimum Gasteiger partial charge on any atom is -0.495 e. The van der Waals surface area contributed by atoms with E-state index in [1.54, 1.807) is 36.4 Å². The molecule has 7 heteroatoms. The van der Waals surface area contributed by atoms with Crippen molar-refractivity contribution < 1.29 is 17.9 Å². The number of carbonyl (C=O) groups excluding carboxylic acids is 1. The Hall–Kier alpha value is -2.54. The lowest BCUT2D eigenvalue weighted by molar-refractivity contribution is -0.129. The molecular formula is C21H26N2O4S. The predicted molar refractivity (Wildman–Crippen MR) is 109 cm³/mol. The molecule has 1 N–H and O–H groups in total. The molecule has 1 aliphatic heterocycles. The van der Waals surface area contributed by atoms with Gasteiger partial charge >= 0.3 is 0 Å². The highest BCUT2D eigenvalue weighted by Gasteiger charge is 2.21. The number of benzene rings is 2. The Balaban J connectivity index is 1.73. The molecule has 150 valence electrons. The van der Waals surface area contributed by atoms with Gasteiger partial charge in [0.25, 0.3) is 10.0 Å². The molecule has 0 saturated carbocycles. The van der Waals surface area contributed by atoms with Gasteiger partial charge in [0, 0.05) is 18.8 Å². The van der Waals surface area contributed by atoms with Crippen LogP contribution in [-0.2, 0) is 27.7 Å². The number of rotatable bonds is 7. The molecule has 2 aromatic carbocycles. The molecular weight excluding hydrogens is 376 g/mol. The SMILES string of the molecule is CCc1ccc(OC)c(S(=O)(=O)Nc2ccc(CC(=O)N3CCCC3)cc2)c1. The Morgan fingerprint density at radius 3 is 2.32 bits per heavy atom. The van der Waals surface area contributed by atoms with E-state index in [1.165, 1.54) is 7.11 Å². The summed E-state index contributed by atoms with van der Waals surface area (Å²) >= 11 is 0. The van der Waals surface area contributed by atoms with Crippen LogP contribution in [0.5, 0.6) is 5.75 Å². The van der Waals surface area contributed by atoms with E-state index in [4.69, 9.17) is 4.74 Å². The molecule has 1 saturated heterocycles. The Kier molecular flexibility index (Phi) is 6.24. The smallest absolute Gasteiger partial charge is 0.265 e. The Morgan fingerprint density at radius 2 is 1.71 bits per heavy atom. The maximum Gasteiger partial charge on any atom is 0.265 e. The van der Waals surface area contributed by atoms with Crippen molar-refractivity contribution in [2.45, 2.75) is 37.5 Å². The molecule has 0 spiro atoms. The lowest BCUT2D eigenvalue weighted by atomic mass is 10.1. The molecule has 1 fully saturated rings. The van der Waals surface area contributed by atoms with Gasteiger partial charge in [0.15, 0.2) is 0 Å². The van der Waals surface area contributed by atoms with Gasteiger partial charge in [0.05, 0.1) is 13.5 Å². The number of hydrogen-bond donors (Lipinski definition) is 1. The third kappa shape index (κ3) is 4.65. The Bertz CT molecular complexity index is 933. The van der Waals surface area contributed by atoms with Gasteiger partial charge in [-0.1, -0.05) is 25.1 Å². The van der Waals surface area contributed by atoms with Gasteiger partial charge in [0.1, 0.15) is 10.6 Å². The molecule has 2 aromatic rings. The van der Waals surface area contributed by atoms with Crippen molar-refractivity contribution in [3.8, 4) is 5.75 Å². The Labute approximate surface area is 166 Å². The van der Waals surface area contributed by atoms with E-state index < -0.39 is 10.0 Å². The highest BCUT2D eigenvalue weighted by molar-refractivity contribution is 7.92. The lowest BCUT2D eigenvalue weighted by Gasteiger charge is -2.15. The zero-order valence-electron chi connectivity index (χ0n) is 16.3. The number of methoxy groups -OCH3 is 1. The number of aryl methyl sites for hydroxylation is 1. The summed E-state index contributed by atoms with van der Waals surface area (Å²) in [5.41, 5.74) is 2.23. The fourth-order valence-electron chi connectivity index (χ4n) is 3.30. The summed E-state index contributed by atoms with van der Waals surface area (Å²) in [4.78, 5) is 14.2. The third-order valence-electron chi connectivity index (χ3n) is 4.95. The van der Waals surface area contributed by atoms with E-state index in [2.05, 4.69) is 4.72 Å². The standard InChI is InChI=1S/C21H26N2O4S/c1-3-16-8-11-19(27-2)20(14-16)28(25,26)22-18-9-6-17(7-10-18)15-21(24)23-12-4-5-13-23/h6-11,14,22H,3-5,12-13,15H2,1-2H3. The lowest BCUT2D eigenvalue weighted by Crippen LogP contribution is -2.29. The van der Waals surface area contributed by atoms with Crippen LogP contribution in [0.2, 0.25) is 0 Å². The van der Waals surface area contributed by atoms with Crippen LogP contribution in [0.15, 0.2) is 47.4 Å². The highest BCUT2D eigenvalue weighted by Crippen LogP contribution is 2.27. The van der Waals surface area contributed by atoms with Gasteiger partial charge in [-0.05, 0) is 54.7 Å². The molecule has 3 rings (SSSR count). The summed E-state index contributed by atoms with van der Waals surface area (Å²) in [5, 5.41) is 0. The molecule has 0 atom stereocenters. The molecule has 0 aliphatic carbocycles. The summed E-state index contributed by atoms with van der Waals surface area (Å²) < 4.78 is 33.5. The summed E-state index contributed by atoms with van der Waals surface area (Å²) in [7, 11) is -2.34. The van der Waals surface area contributed by atoms with Crippen molar-refractivity contribution in [2.75, 3.05) is 24.9 Å². The molecule has 0 radical (unpaired) electrons. The Morgan fingerprint density at radius 1 is 1.07 bits per heavy atom. The molecule has 28 heavy (non-hydrogen) atoms. The molecule has 1 amide bonds. The first kappa shape index (κ1) is 20.2. The summed E-state index contributed by atoms with van der Waals surface area (Å²) in [6, 6.07) is 12.1. The van der Waals surface area contributed by atoms with E-state index in [9.17, 15) is 13.2 Å². The molecule has 6 nitrogen and oxygen atoms in total. The zero-order chi connectivity index (χ0) is 20.1. The van der Waals surface area contributed by atoms with Crippen molar-refractivity contribution >= 4 is 21.6 Å². The summed E-state index contributed by atoms with van der Waals surface area (Å²) in [5.74, 6) is 0.421. The van der Waals surface area contributed by atoms with E-state index in [1.807, 2.05) is 17.9 Å². The van der Waals surface area contributed by atoms with Gasteiger partial charge < -0.3 is 9.64 Å². The highest BCUT2D eigenvalue weighted by atomic mass is 32.2. The predicted octanol–water partition coefficient (Wildman–Crippen LogP) is 3.22. The number of amides is 1. The number of carbonyl (C=O) groups is 1. The van der Waals surface area contributed by atoms with E-state index in [0.29, 0.717) is 17.9 Å². The molecule has 1 aliphatic rings. The second-order valence-corrected chi connectivity index (χ2v) is 8.56. The zero-order valence-corrected chi connectivity index (χ0v) is 17.1. The number of nitrogens with zero attached hydrogens (tertiary/aromatic N) is 1. The second-order valence-electron chi connectivity index (χ2n) is 6.91. The topological polar surface area (TPSA) is 75.7 Å². The second kappa shape index (κ2) is 8.65. The number of likely N-dealkylation sites (tertiary alicyclic amines) is 1. The molecule has 1 heterocycles. The van der Waals surface area contributed by atoms with Crippen LogP contribution in [-0.4, -0.2) is 39.4 Å². The van der Waals surface area contributed by atoms with Crippen molar-refractivity contribution in [2.24, 2.45) is 0 Å². The average molecular weight is 403 g/mol. The summed E-state index contributed by atoms with van der Waals surface area (Å²) in [6.07, 6.45) is 3.19. The van der Waals surface area contributed by atoms with Crippen LogP contribution in [0.25, 0.3) is 0 Å². The number of nitrogens with one attached hydrogen (secondary N) is 1. The van der Waals surface area contributed by atoms with E-state index >= 15 is 0 Å². The van der Waals surface area contributed by atoms with Crippen LogP contribution >= 0.6 is 0 Å². The average Bonchev–Trinajstić information content (AvgIpc) is 3.24. The van der Waals surface area contributed by atoms with Gasteiger partial charge in [-0.15, -0.1) is 0 Å². The van der Waals surface area contributed by atoms with Crippen molar-refractivity contribution in [3.63, 3.8) is 0 Å². The molecule has 0 unspecified atom stereocenters. The first-order valence-corrected chi connectivity index (χ1v) is 11.0. The van der Waals surface area contributed by atoms with Crippen LogP contribution in [0.3, 0.4) is 0 Å². The van der Waals surface area contributed by atoms with Crippen LogP contribution in [0.4, 0.5) is 5.69 Å². The molecule has 0 aromatic heterocycles.